The molecule has 0 saturated heterocycles. The van der Waals surface area contributed by atoms with Crippen LogP contribution < -0.4 is 71.7 Å². The normalized spacial score (nSPS) is 13.7. The average molecular weight is 1410 g/mol. The average Bonchev–Trinajstić information content (AvgIpc) is 0.685. The van der Waals surface area contributed by atoms with Crippen LogP contribution in [0.4, 0.5) is 102 Å². The molecule has 0 N–H and O–H groups in total. The molecule has 0 fully saturated rings. The van der Waals surface area contributed by atoms with E-state index in [4.69, 9.17) is 9.47 Å². The molecule has 24 rings (SSSR count). The number of fused-ring (bicyclic) bond motifs is 16. The van der Waals surface area contributed by atoms with Crippen molar-refractivity contribution in [2.45, 2.75) is 19.6 Å². The van der Waals surface area contributed by atoms with E-state index in [-0.39, 0.29) is 13.4 Å². The maximum absolute atomic E-state index is 6.81. The van der Waals surface area contributed by atoms with Crippen molar-refractivity contribution in [3.05, 3.63) is 352 Å². The van der Waals surface area contributed by atoms with Crippen LogP contribution in [0.5, 0.6) is 23.0 Å². The largest absolute Gasteiger partial charge is 0.453 e. The number of benzene rings is 16. The molecule has 8 aliphatic heterocycles. The van der Waals surface area contributed by atoms with E-state index in [2.05, 4.69) is 381 Å². The van der Waals surface area contributed by atoms with Gasteiger partial charge in [0.2, 0.25) is 0 Å². The molecule has 0 aromatic heterocycles. The first-order valence-electron chi connectivity index (χ1n) is 36.8. The Balaban J connectivity index is 0.648. The fourth-order valence-electron chi connectivity index (χ4n) is 18.4. The summed E-state index contributed by atoms with van der Waals surface area (Å²) in [5, 5.41) is 0. The Hall–Kier alpha value is -13.3. The van der Waals surface area contributed by atoms with Gasteiger partial charge < -0.3 is 38.9 Å². The quantitative estimate of drug-likeness (QED) is 0.131. The summed E-state index contributed by atoms with van der Waals surface area (Å²) in [4.78, 5) is 19.8. The summed E-state index contributed by atoms with van der Waals surface area (Å²) in [6.45, 7) is -0.163. The van der Waals surface area contributed by atoms with Crippen LogP contribution in [0.25, 0.3) is 33.4 Å². The molecule has 108 heavy (non-hydrogen) atoms. The predicted molar refractivity (Wildman–Crippen MR) is 449 cm³/mol. The van der Waals surface area contributed by atoms with E-state index in [1.54, 1.807) is 0 Å². The number of para-hydroxylation sites is 12. The molecule has 0 unspecified atom stereocenters. The van der Waals surface area contributed by atoms with Crippen molar-refractivity contribution in [2.24, 2.45) is 0 Å². The molecule has 16 aromatic carbocycles. The van der Waals surface area contributed by atoms with Crippen molar-refractivity contribution in [1.29, 1.82) is 0 Å². The van der Waals surface area contributed by atoms with Crippen LogP contribution >= 0.6 is 23.5 Å². The lowest BCUT2D eigenvalue weighted by Crippen LogP contribution is -2.62. The second-order valence-electron chi connectivity index (χ2n) is 28.7. The molecule has 0 spiro atoms. The van der Waals surface area contributed by atoms with Gasteiger partial charge in [0.25, 0.3) is 13.4 Å². The SMILES string of the molecule is c1ccc(N(c2ccccc2)c2ccc(-c3cc4c5c(c3)N3c6ccccc6Sc6cc(-c7cccc(N(c8ccccc8)c8ccc(-c9cc%10c%11c(c9)N9c%12ccccc%12Oc%12cccc(c%129)B%11c9cccc%11c9N%10c9ccccc9O%11)cc8)c7)cc(c63)B5c3cccc5c3N4c3ccccc3S5)cc2)cc1. The van der Waals surface area contributed by atoms with Crippen molar-refractivity contribution in [3.63, 3.8) is 0 Å². The Bertz CT molecular complexity index is 6340. The van der Waals surface area contributed by atoms with E-state index >= 15 is 0 Å². The number of hydrogen-bond acceptors (Lipinski definition) is 10. The monoisotopic (exact) mass is 1410 g/mol. The molecular formula is C96H58B2N6O2S2. The van der Waals surface area contributed by atoms with E-state index in [0.29, 0.717) is 0 Å². The molecule has 8 heterocycles. The van der Waals surface area contributed by atoms with Crippen molar-refractivity contribution >= 4 is 172 Å². The third-order valence-corrected chi connectivity index (χ3v) is 25.1. The zero-order chi connectivity index (χ0) is 70.4. The van der Waals surface area contributed by atoms with Gasteiger partial charge >= 0.3 is 0 Å². The Morgan fingerprint density at radius 2 is 0.565 bits per heavy atom. The van der Waals surface area contributed by atoms with Crippen molar-refractivity contribution in [2.75, 3.05) is 29.4 Å². The third-order valence-electron chi connectivity index (χ3n) is 22.9. The third kappa shape index (κ3) is 8.75. The van der Waals surface area contributed by atoms with Crippen LogP contribution in [0.15, 0.2) is 371 Å². The van der Waals surface area contributed by atoms with Gasteiger partial charge in [0, 0.05) is 76.5 Å². The van der Waals surface area contributed by atoms with E-state index in [1.807, 2.05) is 23.5 Å². The summed E-state index contributed by atoms with van der Waals surface area (Å²) in [6.07, 6.45) is 0. The second kappa shape index (κ2) is 23.1. The van der Waals surface area contributed by atoms with Gasteiger partial charge in [0.15, 0.2) is 23.0 Å². The number of nitrogens with zero attached hydrogens (tertiary/aromatic N) is 6. The minimum Gasteiger partial charge on any atom is -0.453 e. The smallest absolute Gasteiger partial charge is 0.252 e. The summed E-state index contributed by atoms with van der Waals surface area (Å²) in [7, 11) is 0. The lowest BCUT2D eigenvalue weighted by atomic mass is 9.33. The van der Waals surface area contributed by atoms with Gasteiger partial charge in [-0.25, -0.2) is 0 Å². The van der Waals surface area contributed by atoms with Crippen molar-refractivity contribution in [1.82, 2.24) is 0 Å². The van der Waals surface area contributed by atoms with E-state index in [0.717, 1.165) is 119 Å². The van der Waals surface area contributed by atoms with Crippen molar-refractivity contribution in [3.8, 4) is 56.4 Å². The standard InChI is InChI=1S/C96H58B2N6O2S2/c1-4-23-65(24-5-1)99(66-25-6-2-7-26-66)68-48-44-59(45-49-68)64-56-81-92-82(57-64)104-78-36-13-17-42-88(78)108-90-58-62(53-74(96(90)104)98(92)73-32-21-43-89-95(73)103(81)77-35-12-16-41-87(77)107-89)61-22-18-29-70(52-61)100(67-27-8-3-9-28-67)69-50-46-60(47-51-69)63-54-79-91-80(55-63)102-76-34-11-15-38-84(76)106-86-40-20-31-72(94(86)102)97(91)71-30-19-39-85-93(71)101(79)75-33-10-14-37-83(75)105-85/h1-58H. The van der Waals surface area contributed by atoms with Crippen LogP contribution in [0.3, 0.4) is 0 Å². The molecule has 0 bridgehead atoms. The molecule has 0 radical (unpaired) electrons. The van der Waals surface area contributed by atoms with Crippen LogP contribution in [-0.2, 0) is 0 Å². The van der Waals surface area contributed by atoms with Gasteiger partial charge in [-0.2, -0.15) is 0 Å². The summed E-state index contributed by atoms with van der Waals surface area (Å²) in [6, 6.07) is 130. The van der Waals surface area contributed by atoms with Gasteiger partial charge in [0.1, 0.15) is 0 Å². The van der Waals surface area contributed by atoms with E-state index in [1.165, 1.54) is 92.0 Å². The first-order chi connectivity index (χ1) is 53.6. The Kier molecular flexibility index (Phi) is 12.9. The summed E-state index contributed by atoms with van der Waals surface area (Å²) in [5.74, 6) is 3.35. The minimum atomic E-state index is -0.0847. The number of anilines is 18. The zero-order valence-corrected chi connectivity index (χ0v) is 59.6. The molecule has 8 aliphatic rings. The molecule has 8 nitrogen and oxygen atoms in total. The molecule has 502 valence electrons. The summed E-state index contributed by atoms with van der Waals surface area (Å²) < 4.78 is 13.6. The first-order valence-corrected chi connectivity index (χ1v) is 38.5. The molecule has 0 aliphatic carbocycles. The van der Waals surface area contributed by atoms with Gasteiger partial charge in [0.05, 0.1) is 45.5 Å². The number of hydrogen-bond donors (Lipinski definition) is 0. The number of rotatable bonds is 9. The van der Waals surface area contributed by atoms with Crippen LogP contribution in [0, 0.1) is 0 Å². The summed E-state index contributed by atoms with van der Waals surface area (Å²) in [5.41, 5.74) is 34.6. The predicted octanol–water partition coefficient (Wildman–Crippen LogP) is 22.9. The maximum Gasteiger partial charge on any atom is 0.252 e. The fourth-order valence-corrected chi connectivity index (χ4v) is 20.6. The minimum absolute atomic E-state index is 0.0787. The fraction of sp³-hybridized carbons (Fsp3) is 0. The molecule has 16 aromatic rings. The highest BCUT2D eigenvalue weighted by molar-refractivity contribution is 8.00. The molecule has 0 atom stereocenters. The highest BCUT2D eigenvalue weighted by atomic mass is 32.2. The van der Waals surface area contributed by atoms with E-state index in [9.17, 15) is 0 Å². The topological polar surface area (TPSA) is 37.9 Å². The van der Waals surface area contributed by atoms with Crippen LogP contribution in [0.1, 0.15) is 0 Å². The first kappa shape index (κ1) is 60.1. The molecular weight excluding hydrogens is 1350 g/mol. The highest BCUT2D eigenvalue weighted by Crippen LogP contribution is 2.61. The Labute approximate surface area is 634 Å². The Morgan fingerprint density at radius 3 is 1.07 bits per heavy atom. The van der Waals surface area contributed by atoms with Gasteiger partial charge in [-0.15, -0.1) is 0 Å². The highest BCUT2D eigenvalue weighted by Gasteiger charge is 2.50. The number of ether oxygens (including phenoxy) is 2. The lowest BCUT2D eigenvalue weighted by molar-refractivity contribution is 0.477. The summed E-state index contributed by atoms with van der Waals surface area (Å²) >= 11 is 3.77. The Morgan fingerprint density at radius 1 is 0.213 bits per heavy atom. The van der Waals surface area contributed by atoms with Gasteiger partial charge in [-0.1, -0.05) is 206 Å². The molecule has 0 saturated carbocycles. The second-order valence-corrected chi connectivity index (χ2v) is 30.8. The van der Waals surface area contributed by atoms with Crippen molar-refractivity contribution < 1.29 is 9.47 Å². The van der Waals surface area contributed by atoms with E-state index < -0.39 is 0 Å². The molecule has 12 heteroatoms. The van der Waals surface area contributed by atoms with Crippen LogP contribution in [0.2, 0.25) is 0 Å². The maximum atomic E-state index is 6.81. The zero-order valence-electron chi connectivity index (χ0n) is 58.0. The van der Waals surface area contributed by atoms with Gasteiger partial charge in [-0.3, -0.25) is 0 Å². The van der Waals surface area contributed by atoms with Crippen LogP contribution in [-0.4, -0.2) is 13.4 Å². The molecule has 0 amide bonds. The van der Waals surface area contributed by atoms with Gasteiger partial charge in [-0.05, 0) is 236 Å². The lowest BCUT2D eigenvalue weighted by Gasteiger charge is -2.48.